The fourth-order valence-electron chi connectivity index (χ4n) is 2.88. The fourth-order valence-corrected chi connectivity index (χ4v) is 5.41. The Bertz CT molecular complexity index is 797. The Labute approximate surface area is 133 Å². The number of carboxylic acid groups (broad SMARTS) is 1. The lowest BCUT2D eigenvalue weighted by molar-refractivity contribution is -0.142. The van der Waals surface area contributed by atoms with Gasteiger partial charge < -0.3 is 5.11 Å². The number of nitrogens with zero attached hydrogens (tertiary/aromatic N) is 1. The molecule has 0 bridgehead atoms. The fraction of sp³-hybridized carbons (Fsp3) is 0.400. The first-order chi connectivity index (χ1) is 10.5. The van der Waals surface area contributed by atoms with Gasteiger partial charge in [-0.3, -0.25) is 4.79 Å². The minimum Gasteiger partial charge on any atom is -0.480 e. The van der Waals surface area contributed by atoms with Gasteiger partial charge in [-0.05, 0) is 53.8 Å². The Kier molecular flexibility index (Phi) is 4.20. The summed E-state index contributed by atoms with van der Waals surface area (Å²) < 4.78 is 27.5. The van der Waals surface area contributed by atoms with Crippen LogP contribution in [0.3, 0.4) is 0 Å². The number of aliphatic carboxylic acids is 1. The normalized spacial score (nSPS) is 20.3. The van der Waals surface area contributed by atoms with Crippen molar-refractivity contribution in [2.75, 3.05) is 6.54 Å². The van der Waals surface area contributed by atoms with Crippen LogP contribution in [-0.4, -0.2) is 36.4 Å². The van der Waals surface area contributed by atoms with Gasteiger partial charge in [0, 0.05) is 11.2 Å². The van der Waals surface area contributed by atoms with Crippen LogP contribution in [0.2, 0.25) is 0 Å². The maximum Gasteiger partial charge on any atom is 0.322 e. The summed E-state index contributed by atoms with van der Waals surface area (Å²) in [5.74, 6) is -1.21. The summed E-state index contributed by atoms with van der Waals surface area (Å²) in [5.41, 5.74) is 0.695. The highest BCUT2D eigenvalue weighted by Gasteiger charge is 2.36. The van der Waals surface area contributed by atoms with Gasteiger partial charge in [-0.15, -0.1) is 11.3 Å². The van der Waals surface area contributed by atoms with E-state index in [9.17, 15) is 18.3 Å². The van der Waals surface area contributed by atoms with Crippen LogP contribution in [0, 0.1) is 0 Å². The summed E-state index contributed by atoms with van der Waals surface area (Å²) in [4.78, 5) is 11.3. The largest absolute Gasteiger partial charge is 0.480 e. The van der Waals surface area contributed by atoms with E-state index >= 15 is 0 Å². The Morgan fingerprint density at radius 1 is 1.32 bits per heavy atom. The summed E-state index contributed by atoms with van der Waals surface area (Å²) in [6.07, 6.45) is 1.86. The molecule has 3 rings (SSSR count). The van der Waals surface area contributed by atoms with Crippen molar-refractivity contribution >= 4 is 37.4 Å². The molecule has 5 nitrogen and oxygen atoms in total. The average molecular weight is 339 g/mol. The van der Waals surface area contributed by atoms with Crippen molar-refractivity contribution < 1.29 is 18.3 Å². The molecule has 0 spiro atoms. The molecule has 7 heteroatoms. The van der Waals surface area contributed by atoms with Crippen molar-refractivity contribution in [3.63, 3.8) is 0 Å². The van der Waals surface area contributed by atoms with Crippen LogP contribution in [0.5, 0.6) is 0 Å². The summed E-state index contributed by atoms with van der Waals surface area (Å²) in [5, 5.41) is 12.2. The highest BCUT2D eigenvalue weighted by molar-refractivity contribution is 7.88. The van der Waals surface area contributed by atoms with Crippen molar-refractivity contribution in [1.29, 1.82) is 0 Å². The highest BCUT2D eigenvalue weighted by Crippen LogP contribution is 2.26. The molecule has 1 aliphatic rings. The number of thiophene rings is 1. The van der Waals surface area contributed by atoms with Crippen LogP contribution in [0.15, 0.2) is 29.6 Å². The Balaban J connectivity index is 1.86. The molecule has 1 aromatic carbocycles. The van der Waals surface area contributed by atoms with Crippen LogP contribution in [0.1, 0.15) is 24.8 Å². The van der Waals surface area contributed by atoms with E-state index in [1.807, 2.05) is 23.6 Å². The van der Waals surface area contributed by atoms with E-state index < -0.39 is 22.0 Å². The zero-order valence-corrected chi connectivity index (χ0v) is 13.6. The highest BCUT2D eigenvalue weighted by atomic mass is 32.2. The lowest BCUT2D eigenvalue weighted by Crippen LogP contribution is -2.48. The van der Waals surface area contributed by atoms with E-state index in [1.54, 1.807) is 17.4 Å². The number of piperidine rings is 1. The van der Waals surface area contributed by atoms with Gasteiger partial charge in [-0.25, -0.2) is 8.42 Å². The van der Waals surface area contributed by atoms with Crippen molar-refractivity contribution in [3.8, 4) is 0 Å². The van der Waals surface area contributed by atoms with Gasteiger partial charge in [-0.1, -0.05) is 6.07 Å². The second-order valence-electron chi connectivity index (χ2n) is 5.51. The lowest BCUT2D eigenvalue weighted by atomic mass is 10.1. The molecule has 1 N–H and O–H groups in total. The Morgan fingerprint density at radius 2 is 2.14 bits per heavy atom. The van der Waals surface area contributed by atoms with Gasteiger partial charge in [-0.2, -0.15) is 4.31 Å². The van der Waals surface area contributed by atoms with Gasteiger partial charge in [0.25, 0.3) is 0 Å². The molecular weight excluding hydrogens is 322 g/mol. The number of rotatable bonds is 4. The van der Waals surface area contributed by atoms with Gasteiger partial charge in [0.15, 0.2) is 0 Å². The zero-order chi connectivity index (χ0) is 15.7. The quantitative estimate of drug-likeness (QED) is 0.929. The molecule has 1 aliphatic heterocycles. The van der Waals surface area contributed by atoms with Crippen LogP contribution >= 0.6 is 11.3 Å². The number of hydrogen-bond acceptors (Lipinski definition) is 4. The summed E-state index contributed by atoms with van der Waals surface area (Å²) in [6.45, 7) is 0.292. The molecule has 2 heterocycles. The maximum absolute atomic E-state index is 12.6. The molecule has 0 amide bonds. The molecule has 22 heavy (non-hydrogen) atoms. The van der Waals surface area contributed by atoms with Gasteiger partial charge in [0.05, 0.1) is 5.75 Å². The first kappa shape index (κ1) is 15.5. The van der Waals surface area contributed by atoms with E-state index in [-0.39, 0.29) is 5.75 Å². The summed E-state index contributed by atoms with van der Waals surface area (Å²) in [7, 11) is -3.63. The van der Waals surface area contributed by atoms with E-state index in [0.29, 0.717) is 24.9 Å². The number of hydrogen-bond donors (Lipinski definition) is 1. The van der Waals surface area contributed by atoms with Crippen LogP contribution < -0.4 is 0 Å². The third-order valence-electron chi connectivity index (χ3n) is 3.96. The van der Waals surface area contributed by atoms with Crippen LogP contribution in [0.4, 0.5) is 0 Å². The number of fused-ring (bicyclic) bond motifs is 1. The standard InChI is InChI=1S/C15H17NO4S2/c17-15(18)13-3-1-2-7-16(13)22(19,20)10-11-4-5-14-12(9-11)6-8-21-14/h4-6,8-9,13H,1-3,7,10H2,(H,17,18)/t13-/m1/s1. The predicted molar refractivity (Wildman–Crippen MR) is 86.4 cm³/mol. The number of carboxylic acids is 1. The molecule has 0 aliphatic carbocycles. The van der Waals surface area contributed by atoms with E-state index in [0.717, 1.165) is 20.8 Å². The SMILES string of the molecule is O=C(O)[C@H]1CCCCN1S(=O)(=O)Cc1ccc2sccc2c1. The van der Waals surface area contributed by atoms with Crippen molar-refractivity contribution in [2.24, 2.45) is 0 Å². The molecule has 1 saturated heterocycles. The van der Waals surface area contributed by atoms with Crippen molar-refractivity contribution in [1.82, 2.24) is 4.31 Å². The number of benzene rings is 1. The van der Waals surface area contributed by atoms with E-state index in [2.05, 4.69) is 0 Å². The average Bonchev–Trinajstić information content (AvgIpc) is 2.94. The minimum atomic E-state index is -3.63. The topological polar surface area (TPSA) is 74.7 Å². The molecule has 0 unspecified atom stereocenters. The summed E-state index contributed by atoms with van der Waals surface area (Å²) >= 11 is 1.61. The third-order valence-corrected chi connectivity index (χ3v) is 6.71. The first-order valence-electron chi connectivity index (χ1n) is 7.16. The second-order valence-corrected chi connectivity index (χ2v) is 8.38. The lowest BCUT2D eigenvalue weighted by Gasteiger charge is -2.31. The van der Waals surface area contributed by atoms with Crippen LogP contribution in [-0.2, 0) is 20.6 Å². The van der Waals surface area contributed by atoms with E-state index in [1.165, 1.54) is 0 Å². The number of sulfonamides is 1. The smallest absolute Gasteiger partial charge is 0.322 e. The maximum atomic E-state index is 12.6. The first-order valence-corrected chi connectivity index (χ1v) is 9.65. The minimum absolute atomic E-state index is 0.150. The van der Waals surface area contributed by atoms with Gasteiger partial charge in [0.2, 0.25) is 10.0 Å². The zero-order valence-electron chi connectivity index (χ0n) is 11.9. The second kappa shape index (κ2) is 5.98. The third kappa shape index (κ3) is 3.02. The van der Waals surface area contributed by atoms with Crippen molar-refractivity contribution in [3.05, 3.63) is 35.2 Å². The van der Waals surface area contributed by atoms with E-state index in [4.69, 9.17) is 0 Å². The monoisotopic (exact) mass is 339 g/mol. The predicted octanol–water partition coefficient (Wildman–Crippen LogP) is 2.67. The molecule has 0 saturated carbocycles. The Hall–Kier alpha value is -1.44. The molecule has 1 atom stereocenters. The van der Waals surface area contributed by atoms with Crippen molar-refractivity contribution in [2.45, 2.75) is 31.1 Å². The number of carbonyl (C=O) groups is 1. The molecule has 1 fully saturated rings. The molecule has 1 aromatic heterocycles. The van der Waals surface area contributed by atoms with Gasteiger partial charge in [0.1, 0.15) is 6.04 Å². The molecule has 118 valence electrons. The molecule has 0 radical (unpaired) electrons. The van der Waals surface area contributed by atoms with Gasteiger partial charge >= 0.3 is 5.97 Å². The van der Waals surface area contributed by atoms with Crippen LogP contribution in [0.25, 0.3) is 10.1 Å². The molecule has 2 aromatic rings. The Morgan fingerprint density at radius 3 is 2.91 bits per heavy atom. The molecular formula is C15H17NO4S2. The summed E-state index contributed by atoms with van der Waals surface area (Å²) in [6, 6.07) is 6.61.